The van der Waals surface area contributed by atoms with Crippen LogP contribution in [0.15, 0.2) is 35.4 Å². The number of carbonyl (C=O) groups excluding carboxylic acids is 3. The van der Waals surface area contributed by atoms with Crippen LogP contribution in [0.1, 0.15) is 25.0 Å². The van der Waals surface area contributed by atoms with Crippen LogP contribution in [0.2, 0.25) is 0 Å². The van der Waals surface area contributed by atoms with Crippen LogP contribution < -0.4 is 0 Å². The fourth-order valence-corrected chi connectivity index (χ4v) is 4.28. The van der Waals surface area contributed by atoms with Gasteiger partial charge in [0.15, 0.2) is 5.72 Å². The van der Waals surface area contributed by atoms with E-state index >= 15 is 0 Å². The van der Waals surface area contributed by atoms with Crippen molar-refractivity contribution in [2.24, 2.45) is 0 Å². The molecule has 0 saturated heterocycles. The molecule has 0 aromatic heterocycles. The second kappa shape index (κ2) is 7.03. The number of carbonyl (C=O) groups is 3. The van der Waals surface area contributed by atoms with Gasteiger partial charge in [-0.25, -0.2) is 14.4 Å². The third-order valence-corrected chi connectivity index (χ3v) is 5.37. The Morgan fingerprint density at radius 3 is 1.93 bits per heavy atom. The van der Waals surface area contributed by atoms with E-state index in [1.165, 1.54) is 21.3 Å². The molecule has 2 heterocycles. The van der Waals surface area contributed by atoms with Gasteiger partial charge in [0.25, 0.3) is 0 Å². The summed E-state index contributed by atoms with van der Waals surface area (Å²) in [6.07, 6.45) is 0. The Balaban J connectivity index is 2.51. The predicted molar refractivity (Wildman–Crippen MR) is 96.9 cm³/mol. The van der Waals surface area contributed by atoms with E-state index in [1.807, 2.05) is 18.7 Å². The zero-order valence-electron chi connectivity index (χ0n) is 16.5. The molecule has 0 N–H and O–H groups in total. The van der Waals surface area contributed by atoms with Crippen LogP contribution in [0.3, 0.4) is 0 Å². The van der Waals surface area contributed by atoms with Crippen molar-refractivity contribution < 1.29 is 33.3 Å². The number of rotatable bonds is 6. The largest absolute Gasteiger partial charge is 0.466 e. The number of likely N-dealkylation sites (N-methyl/N-ethyl adjacent to an activating group) is 1. The summed E-state index contributed by atoms with van der Waals surface area (Å²) in [4.78, 5) is 40.6. The molecule has 0 saturated carbocycles. The maximum atomic E-state index is 13.0. The molecule has 2 aliphatic heterocycles. The van der Waals surface area contributed by atoms with Crippen LogP contribution >= 0.6 is 0 Å². The molecule has 0 amide bonds. The van der Waals surface area contributed by atoms with E-state index in [9.17, 15) is 14.4 Å². The molecule has 2 atom stereocenters. The number of ether oxygens (including phenoxy) is 4. The Hall–Kier alpha value is -2.71. The topological polar surface area (TPSA) is 91.4 Å². The Kier molecular flexibility index (Phi) is 5.03. The third kappa shape index (κ3) is 2.21. The van der Waals surface area contributed by atoms with Crippen molar-refractivity contribution in [1.82, 2.24) is 4.90 Å². The first-order chi connectivity index (χ1) is 13.4. The van der Waals surface area contributed by atoms with Gasteiger partial charge in [-0.05, 0) is 13.1 Å². The molecule has 0 radical (unpaired) electrons. The molecule has 1 aromatic rings. The Morgan fingerprint density at radius 1 is 0.893 bits per heavy atom. The minimum absolute atomic E-state index is 0.0605. The SMILES string of the molecule is CCN(CC)[C@]12O[C@](C(=O)OC)(C(C(=O)OC)=C1C(=O)OC)c1ccccc12. The van der Waals surface area contributed by atoms with Crippen molar-refractivity contribution >= 4 is 17.9 Å². The molecule has 8 nitrogen and oxygen atoms in total. The molecule has 28 heavy (non-hydrogen) atoms. The van der Waals surface area contributed by atoms with E-state index < -0.39 is 29.2 Å². The first-order valence-electron chi connectivity index (χ1n) is 8.96. The van der Waals surface area contributed by atoms with Crippen molar-refractivity contribution in [3.8, 4) is 0 Å². The second-order valence-electron chi connectivity index (χ2n) is 6.37. The quantitative estimate of drug-likeness (QED) is 0.530. The van der Waals surface area contributed by atoms with Crippen LogP contribution in [0, 0.1) is 0 Å². The first-order valence-corrected chi connectivity index (χ1v) is 8.96. The zero-order chi connectivity index (χ0) is 20.7. The molecular weight excluding hydrogens is 366 g/mol. The van der Waals surface area contributed by atoms with Gasteiger partial charge >= 0.3 is 17.9 Å². The lowest BCUT2D eigenvalue weighted by Crippen LogP contribution is -2.48. The molecule has 2 bridgehead atoms. The third-order valence-electron chi connectivity index (χ3n) is 5.37. The number of hydrogen-bond donors (Lipinski definition) is 0. The van der Waals surface area contributed by atoms with Gasteiger partial charge in [0.1, 0.15) is 11.1 Å². The van der Waals surface area contributed by atoms with E-state index in [0.29, 0.717) is 24.2 Å². The van der Waals surface area contributed by atoms with Crippen molar-refractivity contribution in [3.63, 3.8) is 0 Å². The number of benzene rings is 1. The standard InChI is InChI=1S/C20H23NO7/c1-6-21(7-2)20-13-11-9-8-10-12(13)19(28-20,18(24)27-5)14(16(22)25-3)15(20)17(23)26-4/h8-11H,6-7H2,1-5H3/t19-,20+/m0/s1. The van der Waals surface area contributed by atoms with Gasteiger partial charge in [-0.15, -0.1) is 0 Å². The zero-order valence-corrected chi connectivity index (χ0v) is 16.5. The molecule has 0 spiro atoms. The van der Waals surface area contributed by atoms with Crippen molar-refractivity contribution in [2.45, 2.75) is 25.2 Å². The van der Waals surface area contributed by atoms with Crippen LogP contribution in [-0.4, -0.2) is 57.2 Å². The Labute approximate surface area is 163 Å². The predicted octanol–water partition coefficient (Wildman–Crippen LogP) is 1.24. The summed E-state index contributed by atoms with van der Waals surface area (Å²) in [7, 11) is 3.59. The fraction of sp³-hybridized carbons (Fsp3) is 0.450. The molecule has 0 unspecified atom stereocenters. The summed E-state index contributed by atoms with van der Waals surface area (Å²) in [6, 6.07) is 6.98. The summed E-state index contributed by atoms with van der Waals surface area (Å²) in [5.41, 5.74) is -2.61. The Morgan fingerprint density at radius 2 is 1.43 bits per heavy atom. The van der Waals surface area contributed by atoms with Gasteiger partial charge in [-0.3, -0.25) is 4.90 Å². The van der Waals surface area contributed by atoms with E-state index in [2.05, 4.69) is 0 Å². The molecule has 0 fully saturated rings. The average Bonchev–Trinajstić information content (AvgIpc) is 3.21. The lowest BCUT2D eigenvalue weighted by molar-refractivity contribution is -0.196. The highest BCUT2D eigenvalue weighted by molar-refractivity contribution is 6.11. The maximum Gasteiger partial charge on any atom is 0.348 e. The number of hydrogen-bond acceptors (Lipinski definition) is 8. The molecule has 2 aliphatic rings. The normalized spacial score (nSPS) is 24.9. The summed E-state index contributed by atoms with van der Waals surface area (Å²) in [6.45, 7) is 4.76. The number of fused-ring (bicyclic) bond motifs is 5. The van der Waals surface area contributed by atoms with E-state index in [4.69, 9.17) is 18.9 Å². The van der Waals surface area contributed by atoms with Gasteiger partial charge in [-0.2, -0.15) is 0 Å². The van der Waals surface area contributed by atoms with E-state index in [1.54, 1.807) is 24.3 Å². The smallest absolute Gasteiger partial charge is 0.348 e. The lowest BCUT2D eigenvalue weighted by atomic mass is 9.74. The van der Waals surface area contributed by atoms with Crippen LogP contribution in [-0.2, 0) is 44.7 Å². The monoisotopic (exact) mass is 389 g/mol. The highest BCUT2D eigenvalue weighted by Gasteiger charge is 2.73. The van der Waals surface area contributed by atoms with Crippen LogP contribution in [0.25, 0.3) is 0 Å². The number of esters is 3. The second-order valence-corrected chi connectivity index (χ2v) is 6.37. The van der Waals surface area contributed by atoms with E-state index in [0.717, 1.165) is 0 Å². The fourth-order valence-electron chi connectivity index (χ4n) is 4.28. The average molecular weight is 389 g/mol. The molecule has 0 aliphatic carbocycles. The minimum Gasteiger partial charge on any atom is -0.466 e. The van der Waals surface area contributed by atoms with Crippen molar-refractivity contribution in [1.29, 1.82) is 0 Å². The van der Waals surface area contributed by atoms with Gasteiger partial charge in [0, 0.05) is 11.1 Å². The highest BCUT2D eigenvalue weighted by atomic mass is 16.6. The summed E-state index contributed by atoms with van der Waals surface area (Å²) >= 11 is 0. The molecular formula is C20H23NO7. The van der Waals surface area contributed by atoms with E-state index in [-0.39, 0.29) is 11.1 Å². The number of methoxy groups -OCH3 is 3. The molecule has 8 heteroatoms. The maximum absolute atomic E-state index is 13.0. The van der Waals surface area contributed by atoms with Gasteiger partial charge in [-0.1, -0.05) is 38.1 Å². The van der Waals surface area contributed by atoms with Crippen molar-refractivity contribution in [2.75, 3.05) is 34.4 Å². The first kappa shape index (κ1) is 20.0. The van der Waals surface area contributed by atoms with Crippen LogP contribution in [0.4, 0.5) is 0 Å². The van der Waals surface area contributed by atoms with Gasteiger partial charge in [0.05, 0.1) is 21.3 Å². The van der Waals surface area contributed by atoms with Crippen molar-refractivity contribution in [3.05, 3.63) is 46.5 Å². The molecule has 150 valence electrons. The lowest BCUT2D eigenvalue weighted by Gasteiger charge is -2.39. The number of nitrogens with zero attached hydrogens (tertiary/aromatic N) is 1. The van der Waals surface area contributed by atoms with Crippen LogP contribution in [0.5, 0.6) is 0 Å². The summed E-state index contributed by atoms with van der Waals surface area (Å²) in [5, 5.41) is 0. The molecule has 1 aromatic carbocycles. The minimum atomic E-state index is -1.91. The summed E-state index contributed by atoms with van der Waals surface area (Å²) < 4.78 is 21.3. The highest BCUT2D eigenvalue weighted by Crippen LogP contribution is 2.63. The van der Waals surface area contributed by atoms with Gasteiger partial charge < -0.3 is 18.9 Å². The molecule has 3 rings (SSSR count). The summed E-state index contributed by atoms with van der Waals surface area (Å²) in [5.74, 6) is -2.44. The Bertz CT molecular complexity index is 873. The van der Waals surface area contributed by atoms with Gasteiger partial charge in [0.2, 0.25) is 5.60 Å².